The summed E-state index contributed by atoms with van der Waals surface area (Å²) in [7, 11) is 3.95. The molecule has 0 saturated carbocycles. The van der Waals surface area contributed by atoms with Crippen LogP contribution in [0.25, 0.3) is 11.1 Å². The number of benzene rings is 3. The molecular weight excluding hydrogens is 475 g/mol. The van der Waals surface area contributed by atoms with E-state index in [2.05, 4.69) is 0 Å². The van der Waals surface area contributed by atoms with Gasteiger partial charge in [-0.05, 0) is 79.0 Å². The number of hydrogen-bond acceptors (Lipinski definition) is 3. The predicted octanol–water partition coefficient (Wildman–Crippen LogP) is 6.80. The number of ether oxygens (including phenoxy) is 1. The highest BCUT2D eigenvalue weighted by Gasteiger charge is 2.30. The Hall–Kier alpha value is -2.80. The van der Waals surface area contributed by atoms with E-state index in [9.17, 15) is 18.3 Å². The van der Waals surface area contributed by atoms with Crippen LogP contribution in [-0.4, -0.2) is 43.9 Å². The maximum atomic E-state index is 13.2. The van der Waals surface area contributed by atoms with Gasteiger partial charge >= 0.3 is 6.18 Å². The number of alkyl halides is 3. The van der Waals surface area contributed by atoms with Crippen molar-refractivity contribution in [2.75, 3.05) is 33.9 Å². The molecule has 3 rings (SSSR count). The predicted molar refractivity (Wildman–Crippen MR) is 138 cm³/mol. The summed E-state index contributed by atoms with van der Waals surface area (Å²) in [5.41, 5.74) is 3.65. The summed E-state index contributed by atoms with van der Waals surface area (Å²) in [5, 5.41) is 9.50. The number of nitrogens with zero attached hydrogens (tertiary/aromatic N) is 1. The van der Waals surface area contributed by atoms with Crippen molar-refractivity contribution >= 4 is 23.6 Å². The van der Waals surface area contributed by atoms with Gasteiger partial charge in [0.05, 0.1) is 5.56 Å². The first-order valence-corrected chi connectivity index (χ1v) is 11.2. The number of aliphatic hydroxyl groups excluding tert-OH is 1. The van der Waals surface area contributed by atoms with E-state index >= 15 is 0 Å². The number of hydrogen-bond donors (Lipinski definition) is 1. The SMILES string of the molecule is CN(C)CCOc1ccc(/C(=C(/CCCO)c2ccccc2)c2ccc(C(F)(F)F)cc2)cc1.Cl. The van der Waals surface area contributed by atoms with Crippen molar-refractivity contribution in [3.05, 3.63) is 101 Å². The molecule has 188 valence electrons. The van der Waals surface area contributed by atoms with Gasteiger partial charge in [-0.25, -0.2) is 0 Å². The average Bonchev–Trinajstić information content (AvgIpc) is 2.82. The fraction of sp³-hybridized carbons (Fsp3) is 0.286. The van der Waals surface area contributed by atoms with Crippen LogP contribution in [0.3, 0.4) is 0 Å². The van der Waals surface area contributed by atoms with Crippen LogP contribution in [0.1, 0.15) is 35.1 Å². The van der Waals surface area contributed by atoms with Crippen LogP contribution in [0.5, 0.6) is 5.75 Å². The lowest BCUT2D eigenvalue weighted by atomic mass is 9.87. The highest BCUT2D eigenvalue weighted by molar-refractivity contribution is 5.98. The zero-order valence-electron chi connectivity index (χ0n) is 19.9. The molecule has 0 unspecified atom stereocenters. The molecule has 0 bridgehead atoms. The highest BCUT2D eigenvalue weighted by atomic mass is 35.5. The van der Waals surface area contributed by atoms with Gasteiger partial charge in [-0.1, -0.05) is 54.6 Å². The first-order valence-electron chi connectivity index (χ1n) is 11.2. The summed E-state index contributed by atoms with van der Waals surface area (Å²) in [6, 6.07) is 22.6. The highest BCUT2D eigenvalue weighted by Crippen LogP contribution is 2.37. The number of likely N-dealkylation sites (N-methyl/N-ethyl adjacent to an activating group) is 1. The van der Waals surface area contributed by atoms with E-state index < -0.39 is 11.7 Å². The maximum Gasteiger partial charge on any atom is 0.416 e. The molecule has 0 fully saturated rings. The number of aliphatic hydroxyl groups is 1. The molecule has 0 heterocycles. The molecule has 0 aliphatic heterocycles. The average molecular weight is 506 g/mol. The molecule has 0 aliphatic carbocycles. The summed E-state index contributed by atoms with van der Waals surface area (Å²) in [6.07, 6.45) is -3.27. The van der Waals surface area contributed by atoms with E-state index in [4.69, 9.17) is 4.74 Å². The minimum Gasteiger partial charge on any atom is -0.492 e. The Morgan fingerprint density at radius 2 is 1.40 bits per heavy atom. The molecule has 0 saturated heterocycles. The number of rotatable bonds is 10. The number of allylic oxidation sites excluding steroid dienone is 1. The molecule has 3 aromatic rings. The molecular formula is C28H31ClF3NO2. The summed E-state index contributed by atoms with van der Waals surface area (Å²) >= 11 is 0. The third-order valence-electron chi connectivity index (χ3n) is 5.46. The quantitative estimate of drug-likeness (QED) is 0.308. The van der Waals surface area contributed by atoms with E-state index in [1.165, 1.54) is 12.1 Å². The third kappa shape index (κ3) is 8.13. The lowest BCUT2D eigenvalue weighted by molar-refractivity contribution is -0.137. The second kappa shape index (κ2) is 13.3. The van der Waals surface area contributed by atoms with Gasteiger partial charge in [0.25, 0.3) is 0 Å². The van der Waals surface area contributed by atoms with Gasteiger partial charge in [-0.3, -0.25) is 0 Å². The van der Waals surface area contributed by atoms with E-state index in [1.54, 1.807) is 0 Å². The summed E-state index contributed by atoms with van der Waals surface area (Å²) < 4.78 is 45.3. The lowest BCUT2D eigenvalue weighted by Crippen LogP contribution is -2.19. The van der Waals surface area contributed by atoms with Crippen molar-refractivity contribution in [2.45, 2.75) is 19.0 Å². The van der Waals surface area contributed by atoms with Crippen LogP contribution in [0.15, 0.2) is 78.9 Å². The van der Waals surface area contributed by atoms with Gasteiger partial charge in [0.15, 0.2) is 0 Å². The van der Waals surface area contributed by atoms with Crippen molar-refractivity contribution in [2.24, 2.45) is 0 Å². The maximum absolute atomic E-state index is 13.2. The summed E-state index contributed by atoms with van der Waals surface area (Å²) in [5.74, 6) is 0.731. The van der Waals surface area contributed by atoms with Gasteiger partial charge in [0.1, 0.15) is 12.4 Å². The molecule has 0 aliphatic rings. The zero-order valence-corrected chi connectivity index (χ0v) is 20.7. The lowest BCUT2D eigenvalue weighted by Gasteiger charge is -2.18. The van der Waals surface area contributed by atoms with Crippen LogP contribution in [0, 0.1) is 0 Å². The minimum atomic E-state index is -4.40. The summed E-state index contributed by atoms with van der Waals surface area (Å²) in [4.78, 5) is 2.03. The molecule has 0 radical (unpaired) electrons. The summed E-state index contributed by atoms with van der Waals surface area (Å²) in [6.45, 7) is 1.37. The molecule has 3 nitrogen and oxygen atoms in total. The third-order valence-corrected chi connectivity index (χ3v) is 5.46. The Labute approximate surface area is 211 Å². The van der Waals surface area contributed by atoms with E-state index in [0.717, 1.165) is 46.7 Å². The van der Waals surface area contributed by atoms with Crippen molar-refractivity contribution in [1.82, 2.24) is 4.90 Å². The van der Waals surface area contributed by atoms with Crippen molar-refractivity contribution in [3.63, 3.8) is 0 Å². The van der Waals surface area contributed by atoms with Gasteiger partial charge in [0, 0.05) is 13.2 Å². The van der Waals surface area contributed by atoms with E-state index in [-0.39, 0.29) is 19.0 Å². The van der Waals surface area contributed by atoms with Crippen LogP contribution >= 0.6 is 12.4 Å². The largest absolute Gasteiger partial charge is 0.492 e. The van der Waals surface area contributed by atoms with Crippen LogP contribution in [0.2, 0.25) is 0 Å². The molecule has 0 amide bonds. The Morgan fingerprint density at radius 3 is 1.91 bits per heavy atom. The van der Waals surface area contributed by atoms with Crippen LogP contribution < -0.4 is 4.74 Å². The molecule has 35 heavy (non-hydrogen) atoms. The van der Waals surface area contributed by atoms with E-state index in [0.29, 0.717) is 25.0 Å². The molecule has 1 N–H and O–H groups in total. The molecule has 0 aromatic heterocycles. The fourth-order valence-corrected chi connectivity index (χ4v) is 3.71. The molecule has 3 aromatic carbocycles. The van der Waals surface area contributed by atoms with Crippen LogP contribution in [0.4, 0.5) is 13.2 Å². The first kappa shape index (κ1) is 28.4. The van der Waals surface area contributed by atoms with Gasteiger partial charge in [0.2, 0.25) is 0 Å². The first-order chi connectivity index (χ1) is 16.3. The van der Waals surface area contributed by atoms with Gasteiger partial charge < -0.3 is 14.7 Å². The number of halogens is 4. The Balaban J connectivity index is 0.00000432. The molecule has 7 heteroatoms. The second-order valence-corrected chi connectivity index (χ2v) is 8.30. The van der Waals surface area contributed by atoms with Gasteiger partial charge in [-0.2, -0.15) is 13.2 Å². The van der Waals surface area contributed by atoms with Crippen molar-refractivity contribution in [1.29, 1.82) is 0 Å². The molecule has 0 atom stereocenters. The normalized spacial score (nSPS) is 12.2. The van der Waals surface area contributed by atoms with E-state index in [1.807, 2.05) is 73.6 Å². The van der Waals surface area contributed by atoms with Crippen LogP contribution in [-0.2, 0) is 6.18 Å². The topological polar surface area (TPSA) is 32.7 Å². The minimum absolute atomic E-state index is 0. The monoisotopic (exact) mass is 505 g/mol. The second-order valence-electron chi connectivity index (χ2n) is 8.30. The van der Waals surface area contributed by atoms with Crippen molar-refractivity contribution in [3.8, 4) is 5.75 Å². The Morgan fingerprint density at radius 1 is 0.829 bits per heavy atom. The Kier molecular flexibility index (Phi) is 10.8. The fourth-order valence-electron chi connectivity index (χ4n) is 3.71. The molecule has 0 spiro atoms. The smallest absolute Gasteiger partial charge is 0.416 e. The Bertz CT molecular complexity index is 1060. The van der Waals surface area contributed by atoms with Crippen molar-refractivity contribution < 1.29 is 23.0 Å². The zero-order chi connectivity index (χ0) is 24.6. The van der Waals surface area contributed by atoms with Gasteiger partial charge in [-0.15, -0.1) is 12.4 Å². The standard InChI is InChI=1S/C28H30F3NO2.ClH/c1-32(2)18-20-34-25-16-12-23(13-17-25)27(22-10-14-24(15-11-22)28(29,30)31)26(9-6-19-33)21-7-4-3-5-8-21;/h3-5,7-8,10-17,33H,6,9,18-20H2,1-2H3;1H/b27-26-;.